The minimum atomic E-state index is -2.74. The molecule has 0 aliphatic heterocycles. The van der Waals surface area contributed by atoms with Crippen LogP contribution < -0.4 is 16.0 Å². The summed E-state index contributed by atoms with van der Waals surface area (Å²) in [6.07, 6.45) is 3.11. The van der Waals surface area contributed by atoms with Gasteiger partial charge in [0.2, 0.25) is 0 Å². The van der Waals surface area contributed by atoms with Crippen molar-refractivity contribution in [2.24, 2.45) is 5.41 Å². The number of carbonyl (C=O) groups excluding carboxylic acids is 3. The zero-order valence-corrected chi connectivity index (χ0v) is 43.9. The van der Waals surface area contributed by atoms with E-state index in [9.17, 15) is 14.4 Å². The Morgan fingerprint density at radius 2 is 0.587 bits per heavy atom. The molecule has 0 saturated heterocycles. The Morgan fingerprint density at radius 3 is 0.778 bits per heavy atom. The molecule has 0 aromatic heterocycles. The topological polar surface area (TPSA) is 198 Å². The molecule has 0 heterocycles. The van der Waals surface area contributed by atoms with Crippen LogP contribution >= 0.6 is 0 Å². The molecule has 0 aliphatic carbocycles. The van der Waals surface area contributed by atoms with E-state index in [1.165, 1.54) is 0 Å². The van der Waals surface area contributed by atoms with Crippen LogP contribution in [0, 0.1) is 5.41 Å². The zero-order chi connectivity index (χ0) is 47.1. The molecule has 0 radical (unpaired) electrons. The Hall–Kier alpha value is -1.42. The molecule has 0 amide bonds. The summed E-state index contributed by atoms with van der Waals surface area (Å²) >= 11 is 0. The van der Waals surface area contributed by atoms with Crippen molar-refractivity contribution >= 4 is 44.3 Å². The van der Waals surface area contributed by atoms with E-state index in [1.807, 2.05) is 69.2 Å². The highest BCUT2D eigenvalue weighted by molar-refractivity contribution is 6.61. The minimum absolute atomic E-state index is 0.0825. The molecule has 0 spiro atoms. The average Bonchev–Trinajstić information content (AvgIpc) is 3.25. The quantitative estimate of drug-likeness (QED) is 0.0309. The van der Waals surface area contributed by atoms with E-state index in [2.05, 4.69) is 16.0 Å². The van der Waals surface area contributed by atoms with Gasteiger partial charge in [0, 0.05) is 97.2 Å². The first-order valence-corrected chi connectivity index (χ1v) is 29.5. The van der Waals surface area contributed by atoms with Gasteiger partial charge < -0.3 is 70.0 Å². The first kappa shape index (κ1) is 61.6. The number of rotatable bonds is 46. The lowest BCUT2D eigenvalue weighted by atomic mass is 9.88. The van der Waals surface area contributed by atoms with Crippen LogP contribution in [0.4, 0.5) is 0 Å². The monoisotopic (exact) mass is 960 g/mol. The first-order valence-electron chi connectivity index (χ1n) is 23.8. The van der Waals surface area contributed by atoms with Gasteiger partial charge in [-0.1, -0.05) is 6.92 Å². The van der Waals surface area contributed by atoms with Crippen molar-refractivity contribution in [3.05, 3.63) is 0 Å². The van der Waals surface area contributed by atoms with Gasteiger partial charge in [0.1, 0.15) is 19.8 Å². The van der Waals surface area contributed by atoms with E-state index >= 15 is 0 Å². The largest absolute Gasteiger partial charge is 0.500 e. The number of hydrogen-bond acceptors (Lipinski definition) is 18. The van der Waals surface area contributed by atoms with Crippen molar-refractivity contribution < 1.29 is 68.4 Å². The summed E-state index contributed by atoms with van der Waals surface area (Å²) in [5.74, 6) is -1.24. The van der Waals surface area contributed by atoms with E-state index in [0.717, 1.165) is 19.3 Å². The van der Waals surface area contributed by atoms with E-state index in [1.54, 1.807) is 0 Å². The van der Waals surface area contributed by atoms with Crippen molar-refractivity contribution in [2.45, 2.75) is 132 Å². The van der Waals surface area contributed by atoms with Crippen LogP contribution in [0.2, 0.25) is 18.1 Å². The predicted octanol–water partition coefficient (Wildman–Crippen LogP) is 5.27. The molecule has 0 saturated carbocycles. The number of ether oxygens (including phenoxy) is 3. The number of carbonyl (C=O) groups is 3. The summed E-state index contributed by atoms with van der Waals surface area (Å²) < 4.78 is 70.6. The van der Waals surface area contributed by atoms with E-state index in [4.69, 9.17) is 54.0 Å². The predicted molar refractivity (Wildman–Crippen MR) is 248 cm³/mol. The van der Waals surface area contributed by atoms with Crippen LogP contribution in [0.1, 0.15) is 114 Å². The molecule has 0 fully saturated rings. The molecule has 0 atom stereocenters. The van der Waals surface area contributed by atoms with Crippen molar-refractivity contribution in [1.82, 2.24) is 16.0 Å². The van der Waals surface area contributed by atoms with E-state index in [0.29, 0.717) is 123 Å². The summed E-state index contributed by atoms with van der Waals surface area (Å²) in [6.45, 7) is 26.8. The van der Waals surface area contributed by atoms with Crippen LogP contribution in [0.3, 0.4) is 0 Å². The van der Waals surface area contributed by atoms with Crippen molar-refractivity contribution in [2.75, 3.05) is 119 Å². The van der Waals surface area contributed by atoms with Gasteiger partial charge >= 0.3 is 44.3 Å². The Bertz CT molecular complexity index is 969. The molecule has 63 heavy (non-hydrogen) atoms. The fourth-order valence-corrected chi connectivity index (χ4v) is 14.4. The number of hydrogen-bond donors (Lipinski definition) is 3. The van der Waals surface area contributed by atoms with Gasteiger partial charge in [-0.2, -0.15) is 0 Å². The average molecular weight is 960 g/mol. The third-order valence-corrected chi connectivity index (χ3v) is 19.1. The second-order valence-corrected chi connectivity index (χ2v) is 22.8. The van der Waals surface area contributed by atoms with Crippen molar-refractivity contribution in [1.29, 1.82) is 0 Å². The standard InChI is InChI=1S/C42H89N3O15Si3/c1-11-42(36-49-39(46)24-30-43-27-21-33-61(52-12-2,53-13-3)54-14-4,37-50-40(47)25-31-44-28-22-34-62(55-15-5,56-16-6)57-17-7)38-51-41(48)26-32-45-29-23-35-63(58-18-8,59-19-9)60-20-10/h43-45H,11-38H2,1-10H3. The first-order chi connectivity index (χ1) is 30.4. The van der Waals surface area contributed by atoms with Gasteiger partial charge in [-0.25, -0.2) is 0 Å². The maximum Gasteiger partial charge on any atom is 0.500 e. The third kappa shape index (κ3) is 28.4. The lowest BCUT2D eigenvalue weighted by Crippen LogP contribution is -2.46. The Labute approximate surface area is 383 Å². The maximum atomic E-state index is 12.9. The fraction of sp³-hybridized carbons (Fsp3) is 0.929. The fourth-order valence-electron chi connectivity index (χ4n) is 6.59. The van der Waals surface area contributed by atoms with E-state index in [-0.39, 0.29) is 39.1 Å². The summed E-state index contributed by atoms with van der Waals surface area (Å²) in [5.41, 5.74) is -0.932. The van der Waals surface area contributed by atoms with Crippen LogP contribution in [-0.2, 0) is 68.4 Å². The highest BCUT2D eigenvalue weighted by Crippen LogP contribution is 2.25. The minimum Gasteiger partial charge on any atom is -0.465 e. The Kier molecular flexibility index (Phi) is 37.8. The summed E-state index contributed by atoms with van der Waals surface area (Å²) in [4.78, 5) is 38.8. The van der Waals surface area contributed by atoms with Crippen LogP contribution in [0.25, 0.3) is 0 Å². The van der Waals surface area contributed by atoms with Gasteiger partial charge in [-0.3, -0.25) is 14.4 Å². The summed E-state index contributed by atoms with van der Waals surface area (Å²) in [5, 5.41) is 9.87. The molecule has 21 heteroatoms. The van der Waals surface area contributed by atoms with Crippen LogP contribution in [-0.4, -0.2) is 163 Å². The second kappa shape index (κ2) is 38.7. The molecular weight excluding hydrogens is 871 g/mol. The maximum absolute atomic E-state index is 12.9. The SMILES string of the molecule is CCO[Si](CCCNCCC(=O)OCC(CC)(COC(=O)CCNCCC[Si](OCC)(OCC)OCC)COC(=O)CCNCCC[Si](OCC)(OCC)OCC)(OCC)OCC. The summed E-state index contributed by atoms with van der Waals surface area (Å²) in [6, 6.07) is 2.00. The lowest BCUT2D eigenvalue weighted by Gasteiger charge is -2.31. The second-order valence-electron chi connectivity index (χ2n) is 14.6. The molecule has 0 aromatic rings. The number of nitrogens with one attached hydrogen (secondary N) is 3. The number of esters is 3. The van der Waals surface area contributed by atoms with Crippen LogP contribution in [0.15, 0.2) is 0 Å². The zero-order valence-electron chi connectivity index (χ0n) is 40.9. The van der Waals surface area contributed by atoms with Crippen molar-refractivity contribution in [3.63, 3.8) is 0 Å². The third-order valence-electron chi connectivity index (χ3n) is 9.67. The Morgan fingerprint density at radius 1 is 0.365 bits per heavy atom. The molecule has 3 N–H and O–H groups in total. The van der Waals surface area contributed by atoms with Gasteiger partial charge in [0.05, 0.1) is 24.7 Å². The lowest BCUT2D eigenvalue weighted by molar-refractivity contribution is -0.162. The highest BCUT2D eigenvalue weighted by Gasteiger charge is 2.41. The summed E-state index contributed by atoms with van der Waals surface area (Å²) in [7, 11) is -8.21. The molecule has 18 nitrogen and oxygen atoms in total. The molecular formula is C42H89N3O15Si3. The normalized spacial score (nSPS) is 12.5. The smallest absolute Gasteiger partial charge is 0.465 e. The van der Waals surface area contributed by atoms with Gasteiger partial charge in [0.15, 0.2) is 0 Å². The molecule has 0 aliphatic rings. The van der Waals surface area contributed by atoms with Gasteiger partial charge in [-0.05, 0) is 108 Å². The Balaban J connectivity index is 5.28. The van der Waals surface area contributed by atoms with Gasteiger partial charge in [-0.15, -0.1) is 0 Å². The molecule has 0 aromatic carbocycles. The van der Waals surface area contributed by atoms with Gasteiger partial charge in [0.25, 0.3) is 0 Å². The highest BCUT2D eigenvalue weighted by atomic mass is 28.4. The molecule has 374 valence electrons. The molecule has 0 rings (SSSR count). The van der Waals surface area contributed by atoms with E-state index < -0.39 is 49.7 Å². The van der Waals surface area contributed by atoms with Crippen molar-refractivity contribution in [3.8, 4) is 0 Å². The molecule has 0 bridgehead atoms. The molecule has 0 unspecified atom stereocenters. The van der Waals surface area contributed by atoms with Crippen LogP contribution in [0.5, 0.6) is 0 Å².